The summed E-state index contributed by atoms with van der Waals surface area (Å²) in [7, 11) is 0. The zero-order valence-electron chi connectivity index (χ0n) is 11.0. The zero-order chi connectivity index (χ0) is 15.4. The minimum Gasteiger partial charge on any atom is -0.481 e. The lowest BCUT2D eigenvalue weighted by atomic mass is 10.2. The third-order valence-electron chi connectivity index (χ3n) is 3.07. The van der Waals surface area contributed by atoms with Crippen molar-refractivity contribution >= 4 is 29.4 Å². The van der Waals surface area contributed by atoms with Crippen molar-refractivity contribution in [2.45, 2.75) is 12.5 Å². The number of hydrogen-bond acceptors (Lipinski definition) is 3. The third-order valence-corrected chi connectivity index (χ3v) is 4.16. The summed E-state index contributed by atoms with van der Waals surface area (Å²) in [5.74, 6) is -1.78. The Balaban J connectivity index is 2.06. The van der Waals surface area contributed by atoms with Crippen LogP contribution in [0.15, 0.2) is 18.2 Å². The first kappa shape index (κ1) is 15.6. The lowest BCUT2D eigenvalue weighted by Crippen LogP contribution is -2.48. The number of anilines is 1. The number of thioether (sulfide) groups is 1. The summed E-state index contributed by atoms with van der Waals surface area (Å²) in [5.41, 5.74) is 0.131. The Labute approximate surface area is 124 Å². The summed E-state index contributed by atoms with van der Waals surface area (Å²) in [6, 6.07) is 2.14. The molecule has 0 bridgehead atoms. The molecule has 1 saturated heterocycles. The van der Waals surface area contributed by atoms with Crippen LogP contribution in [0.4, 0.5) is 19.3 Å². The van der Waals surface area contributed by atoms with Crippen LogP contribution in [-0.2, 0) is 4.79 Å². The molecule has 1 aliphatic rings. The number of rotatable bonds is 3. The maximum absolute atomic E-state index is 13.1. The van der Waals surface area contributed by atoms with Crippen LogP contribution in [0.25, 0.3) is 0 Å². The highest BCUT2D eigenvalue weighted by molar-refractivity contribution is 7.99. The van der Waals surface area contributed by atoms with E-state index in [1.807, 2.05) is 0 Å². The normalized spacial score (nSPS) is 18.4. The van der Waals surface area contributed by atoms with Crippen LogP contribution in [-0.4, -0.2) is 46.1 Å². The molecule has 0 aliphatic carbocycles. The van der Waals surface area contributed by atoms with Gasteiger partial charge in [-0.3, -0.25) is 4.79 Å². The first-order valence-corrected chi connectivity index (χ1v) is 7.45. The molecule has 8 heteroatoms. The van der Waals surface area contributed by atoms with E-state index in [0.717, 1.165) is 12.1 Å². The van der Waals surface area contributed by atoms with Gasteiger partial charge < -0.3 is 15.3 Å². The number of nitrogens with zero attached hydrogens (tertiary/aromatic N) is 1. The van der Waals surface area contributed by atoms with Gasteiger partial charge in [-0.05, 0) is 12.1 Å². The molecule has 5 nitrogen and oxygen atoms in total. The van der Waals surface area contributed by atoms with Gasteiger partial charge in [-0.15, -0.1) is 0 Å². The van der Waals surface area contributed by atoms with Crippen LogP contribution >= 0.6 is 11.8 Å². The zero-order valence-corrected chi connectivity index (χ0v) is 11.8. The molecule has 0 aromatic heterocycles. The van der Waals surface area contributed by atoms with Gasteiger partial charge in [0.1, 0.15) is 0 Å². The molecule has 2 N–H and O–H groups in total. The van der Waals surface area contributed by atoms with Crippen LogP contribution in [0.1, 0.15) is 6.42 Å². The monoisotopic (exact) mass is 316 g/mol. The number of urea groups is 1. The molecule has 1 aromatic rings. The van der Waals surface area contributed by atoms with Crippen molar-refractivity contribution in [3.63, 3.8) is 0 Å². The summed E-state index contributed by atoms with van der Waals surface area (Å²) < 4.78 is 25.9. The Morgan fingerprint density at radius 2 is 2.14 bits per heavy atom. The molecule has 0 saturated carbocycles. The number of carbonyl (C=O) groups is 2. The van der Waals surface area contributed by atoms with E-state index in [0.29, 0.717) is 18.1 Å². The number of nitrogens with one attached hydrogen (secondary N) is 1. The highest BCUT2D eigenvalue weighted by Gasteiger charge is 2.29. The molecule has 1 unspecified atom stereocenters. The first-order chi connectivity index (χ1) is 9.97. The van der Waals surface area contributed by atoms with Crippen LogP contribution in [0.5, 0.6) is 0 Å². The average molecular weight is 316 g/mol. The largest absolute Gasteiger partial charge is 0.481 e. The van der Waals surface area contributed by atoms with E-state index in [9.17, 15) is 18.4 Å². The Morgan fingerprint density at radius 3 is 2.81 bits per heavy atom. The van der Waals surface area contributed by atoms with Gasteiger partial charge in [0.25, 0.3) is 0 Å². The minimum atomic E-state index is -1.05. The number of aliphatic carboxylic acids is 1. The number of carboxylic acid groups (broad SMARTS) is 1. The second kappa shape index (κ2) is 6.75. The molecule has 1 heterocycles. The van der Waals surface area contributed by atoms with Crippen molar-refractivity contribution in [3.8, 4) is 0 Å². The third kappa shape index (κ3) is 4.07. The van der Waals surface area contributed by atoms with Gasteiger partial charge in [0, 0.05) is 29.8 Å². The second-order valence-electron chi connectivity index (χ2n) is 4.58. The highest BCUT2D eigenvalue weighted by atomic mass is 32.2. The molecule has 0 radical (unpaired) electrons. The molecular formula is C13H14F2N2O3S. The van der Waals surface area contributed by atoms with Gasteiger partial charge in [-0.2, -0.15) is 11.8 Å². The van der Waals surface area contributed by atoms with Gasteiger partial charge >= 0.3 is 12.0 Å². The topological polar surface area (TPSA) is 69.6 Å². The van der Waals surface area contributed by atoms with Crippen molar-refractivity contribution in [2.24, 2.45) is 0 Å². The number of amides is 2. The van der Waals surface area contributed by atoms with Crippen LogP contribution < -0.4 is 5.32 Å². The van der Waals surface area contributed by atoms with Crippen molar-refractivity contribution in [2.75, 3.05) is 23.4 Å². The quantitative estimate of drug-likeness (QED) is 0.898. The van der Waals surface area contributed by atoms with Crippen molar-refractivity contribution in [1.82, 2.24) is 4.90 Å². The molecular weight excluding hydrogens is 302 g/mol. The van der Waals surface area contributed by atoms with Gasteiger partial charge in [-0.25, -0.2) is 13.6 Å². The van der Waals surface area contributed by atoms with E-state index in [1.165, 1.54) is 11.0 Å². The van der Waals surface area contributed by atoms with E-state index >= 15 is 0 Å². The molecule has 1 aromatic carbocycles. The maximum atomic E-state index is 13.1. The maximum Gasteiger partial charge on any atom is 0.322 e. The highest BCUT2D eigenvalue weighted by Crippen LogP contribution is 2.21. The van der Waals surface area contributed by atoms with E-state index < -0.39 is 29.7 Å². The molecule has 1 fully saturated rings. The lowest BCUT2D eigenvalue weighted by Gasteiger charge is -2.34. The molecule has 0 spiro atoms. The summed E-state index contributed by atoms with van der Waals surface area (Å²) in [5, 5.41) is 11.3. The molecule has 114 valence electrons. The fraction of sp³-hybridized carbons (Fsp3) is 0.385. The molecule has 21 heavy (non-hydrogen) atoms. The summed E-state index contributed by atoms with van der Waals surface area (Å²) in [6.07, 6.45) is -0.141. The van der Waals surface area contributed by atoms with E-state index in [1.54, 1.807) is 11.8 Å². The van der Waals surface area contributed by atoms with Gasteiger partial charge in [0.05, 0.1) is 12.5 Å². The minimum absolute atomic E-state index is 0.131. The number of halogens is 2. The smallest absolute Gasteiger partial charge is 0.322 e. The summed E-state index contributed by atoms with van der Waals surface area (Å²) in [6.45, 7) is 0.415. The Bertz CT molecular complexity index is 556. The van der Waals surface area contributed by atoms with Crippen molar-refractivity contribution < 1.29 is 23.5 Å². The number of carbonyl (C=O) groups excluding carboxylic acids is 1. The fourth-order valence-corrected chi connectivity index (χ4v) is 3.12. The van der Waals surface area contributed by atoms with E-state index in [-0.39, 0.29) is 12.1 Å². The van der Waals surface area contributed by atoms with Crippen molar-refractivity contribution in [1.29, 1.82) is 0 Å². The fourth-order valence-electron chi connectivity index (χ4n) is 2.06. The van der Waals surface area contributed by atoms with Gasteiger partial charge in [0.2, 0.25) is 0 Å². The first-order valence-electron chi connectivity index (χ1n) is 6.29. The number of carboxylic acids is 1. The standard InChI is InChI=1S/C13H14F2N2O3S/c14-10-2-1-8(5-11(10)15)16-13(20)17-3-4-21-7-9(17)6-12(18)19/h1-2,5,9H,3-4,6-7H2,(H,16,20)(H,18,19). The predicted octanol–water partition coefficient (Wildman–Crippen LogP) is 2.39. The van der Waals surface area contributed by atoms with Crippen LogP contribution in [0, 0.1) is 11.6 Å². The predicted molar refractivity (Wildman–Crippen MR) is 75.4 cm³/mol. The van der Waals surface area contributed by atoms with Crippen LogP contribution in [0.3, 0.4) is 0 Å². The summed E-state index contributed by atoms with van der Waals surface area (Å²) in [4.78, 5) is 24.4. The van der Waals surface area contributed by atoms with E-state index in [2.05, 4.69) is 5.32 Å². The molecule has 1 atom stereocenters. The molecule has 2 amide bonds. The summed E-state index contributed by atoms with van der Waals surface area (Å²) >= 11 is 1.58. The Kier molecular flexibility index (Phi) is 5.00. The average Bonchev–Trinajstić information content (AvgIpc) is 2.43. The van der Waals surface area contributed by atoms with Crippen LogP contribution in [0.2, 0.25) is 0 Å². The van der Waals surface area contributed by atoms with E-state index in [4.69, 9.17) is 5.11 Å². The lowest BCUT2D eigenvalue weighted by molar-refractivity contribution is -0.137. The number of hydrogen-bond donors (Lipinski definition) is 2. The second-order valence-corrected chi connectivity index (χ2v) is 5.73. The van der Waals surface area contributed by atoms with Gasteiger partial charge in [0.15, 0.2) is 11.6 Å². The number of benzene rings is 1. The Morgan fingerprint density at radius 1 is 1.38 bits per heavy atom. The van der Waals surface area contributed by atoms with Gasteiger partial charge in [-0.1, -0.05) is 0 Å². The van der Waals surface area contributed by atoms with Crippen molar-refractivity contribution in [3.05, 3.63) is 29.8 Å². The molecule has 1 aliphatic heterocycles. The SMILES string of the molecule is O=C(O)CC1CSCCN1C(=O)Nc1ccc(F)c(F)c1. The Hall–Kier alpha value is -1.83. The molecule has 2 rings (SSSR count).